The van der Waals surface area contributed by atoms with Crippen molar-refractivity contribution >= 4 is 22.1 Å². The number of rotatable bonds is 12. The first-order chi connectivity index (χ1) is 11.1. The molecule has 3 N–H and O–H groups in total. The van der Waals surface area contributed by atoms with Gasteiger partial charge < -0.3 is 10.2 Å². The number of carbonyl (C=O) groups is 2. The average Bonchev–Trinajstić information content (AvgIpc) is 2.48. The third-order valence-corrected chi connectivity index (χ3v) is 3.97. The minimum Gasteiger partial charge on any atom is -0.478 e. The van der Waals surface area contributed by atoms with Crippen molar-refractivity contribution in [1.29, 1.82) is 0 Å². The van der Waals surface area contributed by atoms with E-state index in [1.165, 1.54) is 39.0 Å². The van der Waals surface area contributed by atoms with E-state index in [4.69, 9.17) is 14.8 Å². The normalized spacial score (nSPS) is 11.5. The zero-order valence-corrected chi connectivity index (χ0v) is 15.3. The molecule has 0 unspecified atom stereocenters. The number of aliphatic carboxylic acids is 2. The fourth-order valence-electron chi connectivity index (χ4n) is 1.84. The second kappa shape index (κ2) is 15.1. The van der Waals surface area contributed by atoms with Crippen molar-refractivity contribution in [2.75, 3.05) is 5.75 Å². The Morgan fingerprint density at radius 1 is 0.875 bits per heavy atom. The van der Waals surface area contributed by atoms with Crippen molar-refractivity contribution in [2.45, 2.75) is 71.6 Å². The summed E-state index contributed by atoms with van der Waals surface area (Å²) in [5.74, 6) is -2.51. The summed E-state index contributed by atoms with van der Waals surface area (Å²) in [5.41, 5.74) is -0.00603. The monoisotopic (exact) mass is 366 g/mol. The molecule has 24 heavy (non-hydrogen) atoms. The molecular weight excluding hydrogens is 336 g/mol. The number of carboxylic acid groups (broad SMARTS) is 2. The number of hydrogen-bond donors (Lipinski definition) is 3. The van der Waals surface area contributed by atoms with Gasteiger partial charge in [-0.2, -0.15) is 8.42 Å². The van der Waals surface area contributed by atoms with Gasteiger partial charge in [-0.1, -0.05) is 51.9 Å². The molecule has 0 aliphatic heterocycles. The van der Waals surface area contributed by atoms with E-state index < -0.39 is 22.1 Å². The molecular formula is C16H30O7S. The van der Waals surface area contributed by atoms with Crippen LogP contribution in [0.2, 0.25) is 0 Å². The molecule has 0 aliphatic rings. The second-order valence-electron chi connectivity index (χ2n) is 5.41. The van der Waals surface area contributed by atoms with Gasteiger partial charge >= 0.3 is 11.9 Å². The Bertz CT molecular complexity index is 481. The molecule has 8 heteroatoms. The van der Waals surface area contributed by atoms with E-state index in [-0.39, 0.29) is 11.3 Å². The predicted molar refractivity (Wildman–Crippen MR) is 92.7 cm³/mol. The highest BCUT2D eigenvalue weighted by Gasteiger charge is 2.08. The van der Waals surface area contributed by atoms with Crippen molar-refractivity contribution in [3.05, 3.63) is 11.6 Å². The molecule has 0 rings (SSSR count). The zero-order chi connectivity index (χ0) is 19.0. The van der Waals surface area contributed by atoms with E-state index in [0.29, 0.717) is 6.42 Å². The van der Waals surface area contributed by atoms with E-state index in [9.17, 15) is 18.0 Å². The topological polar surface area (TPSA) is 129 Å². The molecule has 0 aromatic heterocycles. The Labute approximate surface area is 144 Å². The molecule has 142 valence electrons. The molecule has 0 spiro atoms. The zero-order valence-electron chi connectivity index (χ0n) is 14.5. The van der Waals surface area contributed by atoms with Gasteiger partial charge in [0.05, 0.1) is 5.75 Å². The van der Waals surface area contributed by atoms with Gasteiger partial charge in [0.1, 0.15) is 0 Å². The van der Waals surface area contributed by atoms with Crippen molar-refractivity contribution in [3.63, 3.8) is 0 Å². The van der Waals surface area contributed by atoms with Crippen LogP contribution in [0.4, 0.5) is 0 Å². The molecule has 7 nitrogen and oxygen atoms in total. The summed E-state index contributed by atoms with van der Waals surface area (Å²) in [6.45, 7) is 3.55. The lowest BCUT2D eigenvalue weighted by Gasteiger charge is -2.02. The predicted octanol–water partition coefficient (Wildman–Crippen LogP) is 3.51. The van der Waals surface area contributed by atoms with Gasteiger partial charge in [0, 0.05) is 11.6 Å². The van der Waals surface area contributed by atoms with Gasteiger partial charge in [0.2, 0.25) is 0 Å². The molecule has 0 aromatic carbocycles. The Morgan fingerprint density at radius 2 is 1.29 bits per heavy atom. The van der Waals surface area contributed by atoms with Gasteiger partial charge in [-0.05, 0) is 19.8 Å². The van der Waals surface area contributed by atoms with Gasteiger partial charge in [0.25, 0.3) is 10.1 Å². The fraction of sp³-hybridized carbons (Fsp3) is 0.750. The minimum absolute atomic E-state index is 0.00603. The first kappa shape index (κ1) is 24.8. The van der Waals surface area contributed by atoms with Crippen molar-refractivity contribution in [2.24, 2.45) is 0 Å². The first-order valence-electron chi connectivity index (χ1n) is 8.26. The van der Waals surface area contributed by atoms with Gasteiger partial charge in [-0.3, -0.25) is 4.55 Å². The summed E-state index contributed by atoms with van der Waals surface area (Å²) in [6.07, 6.45) is 10.2. The van der Waals surface area contributed by atoms with E-state index in [1.807, 2.05) is 0 Å². The maximum Gasteiger partial charge on any atom is 0.331 e. The molecule has 0 radical (unpaired) electrons. The van der Waals surface area contributed by atoms with Crippen LogP contribution in [-0.2, 0) is 19.7 Å². The Hall–Kier alpha value is -1.41. The first-order valence-corrected chi connectivity index (χ1v) is 9.86. The Kier molecular flexibility index (Phi) is 15.7. The van der Waals surface area contributed by atoms with Crippen molar-refractivity contribution in [1.82, 2.24) is 0 Å². The van der Waals surface area contributed by atoms with Crippen molar-refractivity contribution in [3.8, 4) is 0 Å². The highest BCUT2D eigenvalue weighted by atomic mass is 32.2. The summed E-state index contributed by atoms with van der Waals surface area (Å²) < 4.78 is 26.9. The van der Waals surface area contributed by atoms with Crippen LogP contribution >= 0.6 is 0 Å². The lowest BCUT2D eigenvalue weighted by Crippen LogP contribution is -2.04. The lowest BCUT2D eigenvalue weighted by molar-refractivity contribution is -0.135. The molecule has 0 saturated carbocycles. The maximum atomic E-state index is 10.7. The van der Waals surface area contributed by atoms with Crippen LogP contribution in [0.15, 0.2) is 11.6 Å². The van der Waals surface area contributed by atoms with Gasteiger partial charge in [-0.15, -0.1) is 0 Å². The van der Waals surface area contributed by atoms with E-state index in [1.54, 1.807) is 0 Å². The molecule has 0 saturated heterocycles. The maximum absolute atomic E-state index is 10.7. The summed E-state index contributed by atoms with van der Waals surface area (Å²) in [7, 11) is -3.66. The van der Waals surface area contributed by atoms with Crippen LogP contribution < -0.4 is 0 Å². The summed E-state index contributed by atoms with van der Waals surface area (Å²) in [5, 5.41) is 17.3. The Morgan fingerprint density at radius 3 is 1.62 bits per heavy atom. The number of carboxylic acids is 2. The van der Waals surface area contributed by atoms with Crippen LogP contribution in [-0.4, -0.2) is 40.9 Å². The summed E-state index contributed by atoms with van der Waals surface area (Å²) in [6, 6.07) is 0. The SMILES string of the molecule is CCCCCCCCCCC(=CC(=O)O)C(=O)O.CCS(=O)(=O)O. The molecule has 0 fully saturated rings. The van der Waals surface area contributed by atoms with Crippen LogP contribution in [0.5, 0.6) is 0 Å². The van der Waals surface area contributed by atoms with Crippen molar-refractivity contribution < 1.29 is 32.8 Å². The molecule has 0 aliphatic carbocycles. The third-order valence-electron chi connectivity index (χ3n) is 3.24. The van der Waals surface area contributed by atoms with E-state index in [0.717, 1.165) is 25.3 Å². The largest absolute Gasteiger partial charge is 0.478 e. The van der Waals surface area contributed by atoms with Gasteiger partial charge in [0.15, 0.2) is 0 Å². The van der Waals surface area contributed by atoms with E-state index >= 15 is 0 Å². The smallest absolute Gasteiger partial charge is 0.331 e. The van der Waals surface area contributed by atoms with Gasteiger partial charge in [-0.25, -0.2) is 9.59 Å². The second-order valence-corrected chi connectivity index (χ2v) is 7.15. The van der Waals surface area contributed by atoms with Crippen LogP contribution in [0.3, 0.4) is 0 Å². The van der Waals surface area contributed by atoms with Crippen LogP contribution in [0, 0.1) is 0 Å². The van der Waals surface area contributed by atoms with E-state index in [2.05, 4.69) is 6.92 Å². The highest BCUT2D eigenvalue weighted by molar-refractivity contribution is 7.85. The molecule has 0 amide bonds. The average molecular weight is 366 g/mol. The molecule has 0 bridgehead atoms. The highest BCUT2D eigenvalue weighted by Crippen LogP contribution is 2.13. The molecule has 0 heterocycles. The number of hydrogen-bond acceptors (Lipinski definition) is 4. The summed E-state index contributed by atoms with van der Waals surface area (Å²) >= 11 is 0. The lowest BCUT2D eigenvalue weighted by atomic mass is 10.0. The third kappa shape index (κ3) is 20.6. The van der Waals surface area contributed by atoms with Crippen LogP contribution in [0.25, 0.3) is 0 Å². The quantitative estimate of drug-likeness (QED) is 0.274. The fourth-order valence-corrected chi connectivity index (χ4v) is 1.84. The minimum atomic E-state index is -3.66. The standard InChI is InChI=1S/C14H24O4.C2H6O3S/c1-2-3-4-5-6-7-8-9-10-12(14(17)18)11-13(15)16;1-2-6(3,4)5/h11H,2-10H2,1H3,(H,15,16)(H,17,18);2H2,1H3,(H,3,4,5). The summed E-state index contributed by atoms with van der Waals surface area (Å²) in [4.78, 5) is 21.2. The molecule has 0 atom stereocenters. The number of unbranched alkanes of at least 4 members (excludes halogenated alkanes) is 7. The van der Waals surface area contributed by atoms with Crippen LogP contribution in [0.1, 0.15) is 71.6 Å². The Balaban J connectivity index is 0. The molecule has 0 aromatic rings.